The molecular formula is C25H19N3. The average Bonchev–Trinajstić information content (AvgIpc) is 3.24. The summed E-state index contributed by atoms with van der Waals surface area (Å²) < 4.78 is 2.14. The van der Waals surface area contributed by atoms with E-state index < -0.39 is 5.54 Å². The lowest BCUT2D eigenvalue weighted by atomic mass is 9.76. The van der Waals surface area contributed by atoms with E-state index in [9.17, 15) is 0 Å². The van der Waals surface area contributed by atoms with Crippen molar-refractivity contribution in [3.8, 4) is 6.07 Å². The van der Waals surface area contributed by atoms with E-state index in [1.54, 1.807) is 12.3 Å². The van der Waals surface area contributed by atoms with E-state index in [1.165, 1.54) is 6.08 Å². The summed E-state index contributed by atoms with van der Waals surface area (Å²) in [5.74, 6) is 0.720. The summed E-state index contributed by atoms with van der Waals surface area (Å²) in [6, 6.07) is 33.3. The zero-order chi connectivity index (χ0) is 19.2. The first kappa shape index (κ1) is 17.5. The van der Waals surface area contributed by atoms with Crippen LogP contribution in [0.2, 0.25) is 0 Å². The molecule has 0 aliphatic rings. The Bertz CT molecular complexity index is 1010. The lowest BCUT2D eigenvalue weighted by Crippen LogP contribution is -2.38. The number of hydrogen-bond donors (Lipinski definition) is 0. The van der Waals surface area contributed by atoms with Crippen molar-refractivity contribution in [2.45, 2.75) is 5.54 Å². The number of nitrogens with zero attached hydrogens (tertiary/aromatic N) is 3. The molecule has 3 aromatic carbocycles. The molecule has 0 unspecified atom stereocenters. The standard InChI is InChI=1S/C25H19N3/c26-18-10-17-24-27-19-20-28(24)25(21-11-4-1-5-12-21,22-13-6-2-7-14-22)23-15-8-3-9-16-23/h1-17,19-20H/b17-10-. The molecule has 0 bridgehead atoms. The van der Waals surface area contributed by atoms with E-state index in [-0.39, 0.29) is 0 Å². The maximum atomic E-state index is 9.04. The molecule has 1 aromatic heterocycles. The summed E-state index contributed by atoms with van der Waals surface area (Å²) in [4.78, 5) is 4.52. The zero-order valence-corrected chi connectivity index (χ0v) is 15.3. The molecular weight excluding hydrogens is 342 g/mol. The first-order chi connectivity index (χ1) is 13.9. The summed E-state index contributed by atoms with van der Waals surface area (Å²) in [6.45, 7) is 0. The van der Waals surface area contributed by atoms with Gasteiger partial charge >= 0.3 is 0 Å². The van der Waals surface area contributed by atoms with Crippen LogP contribution in [0.25, 0.3) is 6.08 Å². The molecule has 4 aromatic rings. The smallest absolute Gasteiger partial charge is 0.134 e. The van der Waals surface area contributed by atoms with E-state index >= 15 is 0 Å². The van der Waals surface area contributed by atoms with E-state index in [1.807, 2.05) is 24.4 Å². The third-order valence-corrected chi connectivity index (χ3v) is 4.91. The van der Waals surface area contributed by atoms with Gasteiger partial charge in [0, 0.05) is 18.5 Å². The van der Waals surface area contributed by atoms with Gasteiger partial charge in [-0.1, -0.05) is 91.0 Å². The molecule has 134 valence electrons. The summed E-state index contributed by atoms with van der Waals surface area (Å²) in [5.41, 5.74) is 2.75. The third kappa shape index (κ3) is 2.91. The van der Waals surface area contributed by atoms with Gasteiger partial charge in [-0.3, -0.25) is 0 Å². The fraction of sp³-hybridized carbons (Fsp3) is 0.0400. The number of allylic oxidation sites excluding steroid dienone is 1. The van der Waals surface area contributed by atoms with Gasteiger partial charge in [-0.15, -0.1) is 0 Å². The second kappa shape index (κ2) is 7.77. The minimum Gasteiger partial charge on any atom is -0.313 e. The molecule has 3 heteroatoms. The topological polar surface area (TPSA) is 41.6 Å². The Kier molecular flexibility index (Phi) is 4.86. The largest absolute Gasteiger partial charge is 0.313 e. The first-order valence-electron chi connectivity index (χ1n) is 9.14. The zero-order valence-electron chi connectivity index (χ0n) is 15.3. The van der Waals surface area contributed by atoms with Crippen LogP contribution in [-0.2, 0) is 5.54 Å². The van der Waals surface area contributed by atoms with Crippen LogP contribution in [0.4, 0.5) is 0 Å². The van der Waals surface area contributed by atoms with Gasteiger partial charge in [-0.2, -0.15) is 5.26 Å². The molecule has 0 fully saturated rings. The maximum absolute atomic E-state index is 9.04. The van der Waals surface area contributed by atoms with Crippen LogP contribution in [0.3, 0.4) is 0 Å². The second-order valence-electron chi connectivity index (χ2n) is 6.43. The highest BCUT2D eigenvalue weighted by Gasteiger charge is 2.39. The minimum absolute atomic E-state index is 0.616. The molecule has 0 atom stereocenters. The molecule has 0 spiro atoms. The molecule has 3 nitrogen and oxygen atoms in total. The van der Waals surface area contributed by atoms with E-state index in [2.05, 4.69) is 88.4 Å². The van der Waals surface area contributed by atoms with Crippen LogP contribution in [0.5, 0.6) is 0 Å². The number of benzene rings is 3. The highest BCUT2D eigenvalue weighted by molar-refractivity contribution is 5.54. The van der Waals surface area contributed by atoms with Crippen molar-refractivity contribution in [1.29, 1.82) is 5.26 Å². The van der Waals surface area contributed by atoms with Crippen molar-refractivity contribution in [3.63, 3.8) is 0 Å². The second-order valence-corrected chi connectivity index (χ2v) is 6.43. The Morgan fingerprint density at radius 3 is 1.64 bits per heavy atom. The van der Waals surface area contributed by atoms with Crippen LogP contribution < -0.4 is 0 Å². The Morgan fingerprint density at radius 1 is 0.750 bits per heavy atom. The Balaban J connectivity index is 2.13. The van der Waals surface area contributed by atoms with Gasteiger partial charge in [0.2, 0.25) is 0 Å². The average molecular weight is 361 g/mol. The Labute approximate surface area is 164 Å². The highest BCUT2D eigenvalue weighted by Crippen LogP contribution is 2.41. The van der Waals surface area contributed by atoms with Crippen molar-refractivity contribution in [2.24, 2.45) is 0 Å². The number of nitriles is 1. The number of hydrogen-bond acceptors (Lipinski definition) is 2. The molecule has 0 N–H and O–H groups in total. The van der Waals surface area contributed by atoms with E-state index in [4.69, 9.17) is 5.26 Å². The molecule has 28 heavy (non-hydrogen) atoms. The van der Waals surface area contributed by atoms with Crippen molar-refractivity contribution in [3.05, 3.63) is 132 Å². The molecule has 0 saturated carbocycles. The maximum Gasteiger partial charge on any atom is 0.134 e. The van der Waals surface area contributed by atoms with Crippen LogP contribution in [0.1, 0.15) is 22.5 Å². The minimum atomic E-state index is -0.616. The van der Waals surface area contributed by atoms with Crippen molar-refractivity contribution < 1.29 is 0 Å². The van der Waals surface area contributed by atoms with Gasteiger partial charge in [-0.25, -0.2) is 4.98 Å². The van der Waals surface area contributed by atoms with Gasteiger partial charge in [0.15, 0.2) is 0 Å². The molecule has 0 amide bonds. The van der Waals surface area contributed by atoms with E-state index in [0.29, 0.717) is 0 Å². The monoisotopic (exact) mass is 361 g/mol. The van der Waals surface area contributed by atoms with Gasteiger partial charge in [-0.05, 0) is 22.8 Å². The molecule has 0 radical (unpaired) electrons. The molecule has 0 aliphatic carbocycles. The number of aromatic nitrogens is 2. The summed E-state index contributed by atoms with van der Waals surface area (Å²) >= 11 is 0. The van der Waals surface area contributed by atoms with Gasteiger partial charge < -0.3 is 4.57 Å². The van der Waals surface area contributed by atoms with Crippen LogP contribution >= 0.6 is 0 Å². The Morgan fingerprint density at radius 2 is 1.21 bits per heavy atom. The number of imidazole rings is 1. The van der Waals surface area contributed by atoms with Crippen LogP contribution in [-0.4, -0.2) is 9.55 Å². The first-order valence-corrected chi connectivity index (χ1v) is 9.14. The lowest BCUT2D eigenvalue weighted by molar-refractivity contribution is 0.511. The summed E-state index contributed by atoms with van der Waals surface area (Å²) in [6.07, 6.45) is 6.97. The summed E-state index contributed by atoms with van der Waals surface area (Å²) in [5, 5.41) is 9.04. The SMILES string of the molecule is N#C/C=C\c1nccn1C(c1ccccc1)(c1ccccc1)c1ccccc1. The lowest BCUT2D eigenvalue weighted by Gasteiger charge is -2.38. The molecule has 0 saturated heterocycles. The Hall–Kier alpha value is -3.90. The molecule has 1 heterocycles. The van der Waals surface area contributed by atoms with Crippen molar-refractivity contribution in [1.82, 2.24) is 9.55 Å². The molecule has 0 aliphatic heterocycles. The summed E-state index contributed by atoms with van der Waals surface area (Å²) in [7, 11) is 0. The highest BCUT2D eigenvalue weighted by atomic mass is 15.1. The van der Waals surface area contributed by atoms with Crippen molar-refractivity contribution in [2.75, 3.05) is 0 Å². The third-order valence-electron chi connectivity index (χ3n) is 4.91. The molecule has 4 rings (SSSR count). The fourth-order valence-electron chi connectivity index (χ4n) is 3.79. The normalized spacial score (nSPS) is 11.4. The fourth-order valence-corrected chi connectivity index (χ4v) is 3.79. The van der Waals surface area contributed by atoms with Crippen LogP contribution in [0, 0.1) is 11.3 Å². The van der Waals surface area contributed by atoms with Crippen LogP contribution in [0.15, 0.2) is 109 Å². The van der Waals surface area contributed by atoms with Gasteiger partial charge in [0.25, 0.3) is 0 Å². The predicted molar refractivity (Wildman–Crippen MR) is 111 cm³/mol. The van der Waals surface area contributed by atoms with Gasteiger partial charge in [0.05, 0.1) is 6.07 Å². The van der Waals surface area contributed by atoms with Gasteiger partial charge in [0.1, 0.15) is 11.4 Å². The number of rotatable bonds is 5. The van der Waals surface area contributed by atoms with Crippen molar-refractivity contribution >= 4 is 6.08 Å². The predicted octanol–water partition coefficient (Wildman–Crippen LogP) is 5.26. The quantitative estimate of drug-likeness (QED) is 0.359. The van der Waals surface area contributed by atoms with E-state index in [0.717, 1.165) is 22.5 Å².